The number of likely N-dealkylation sites (tertiary alicyclic amines) is 1. The number of aromatic nitrogens is 2. The monoisotopic (exact) mass is 491 g/mol. The van der Waals surface area contributed by atoms with E-state index in [2.05, 4.69) is 10.6 Å². The van der Waals surface area contributed by atoms with Crippen molar-refractivity contribution < 1.29 is 14.3 Å². The Morgan fingerprint density at radius 1 is 1.14 bits per heavy atom. The van der Waals surface area contributed by atoms with E-state index in [1.165, 1.54) is 0 Å². The summed E-state index contributed by atoms with van der Waals surface area (Å²) in [6.07, 6.45) is 1.91. The van der Waals surface area contributed by atoms with Crippen LogP contribution in [-0.4, -0.2) is 57.9 Å². The number of hydrogen-bond acceptors (Lipinski definition) is 7. The van der Waals surface area contributed by atoms with Crippen LogP contribution in [0.4, 0.5) is 5.69 Å². The molecule has 2 aromatic carbocycles. The number of carbonyl (C=O) groups excluding carboxylic acids is 2. The number of rotatable bonds is 10. The van der Waals surface area contributed by atoms with Crippen molar-refractivity contribution in [3.05, 3.63) is 59.4 Å². The average Bonchev–Trinajstić information content (AvgIpc) is 3.51. The van der Waals surface area contributed by atoms with Crippen molar-refractivity contribution in [2.75, 3.05) is 25.0 Å². The second-order valence-corrected chi connectivity index (χ2v) is 8.85. The number of benzene rings is 2. The molecule has 2 heterocycles. The molecular formula is C26H33N7O3. The van der Waals surface area contributed by atoms with E-state index in [0.717, 1.165) is 41.0 Å². The van der Waals surface area contributed by atoms with Crippen LogP contribution in [0.3, 0.4) is 0 Å². The van der Waals surface area contributed by atoms with Gasteiger partial charge < -0.3 is 25.3 Å². The summed E-state index contributed by atoms with van der Waals surface area (Å²) in [4.78, 5) is 31.9. The molecule has 0 bridgehead atoms. The van der Waals surface area contributed by atoms with E-state index in [-0.39, 0.29) is 18.3 Å². The number of aryl methyl sites for hydroxylation is 1. The molecular weight excluding hydrogens is 458 g/mol. The minimum Gasteiger partial charge on any atom is -0.464 e. The fourth-order valence-corrected chi connectivity index (χ4v) is 4.35. The smallest absolute Gasteiger partial charge is 0.332 e. The molecule has 1 fully saturated rings. The first kappa shape index (κ1) is 25.2. The second kappa shape index (κ2) is 11.2. The lowest BCUT2D eigenvalue weighted by molar-refractivity contribution is -0.152. The third-order valence-electron chi connectivity index (χ3n) is 6.38. The minimum atomic E-state index is -1.02. The van der Waals surface area contributed by atoms with Crippen LogP contribution in [-0.2, 0) is 34.5 Å². The Morgan fingerprint density at radius 2 is 1.86 bits per heavy atom. The van der Waals surface area contributed by atoms with E-state index in [1.807, 2.05) is 41.9 Å². The molecule has 10 nitrogen and oxygen atoms in total. The van der Waals surface area contributed by atoms with E-state index in [1.54, 1.807) is 24.0 Å². The van der Waals surface area contributed by atoms with Crippen LogP contribution in [0.2, 0.25) is 0 Å². The molecule has 1 saturated heterocycles. The zero-order valence-electron chi connectivity index (χ0n) is 20.7. The molecule has 36 heavy (non-hydrogen) atoms. The van der Waals surface area contributed by atoms with Crippen molar-refractivity contribution in [1.82, 2.24) is 19.8 Å². The zero-order chi connectivity index (χ0) is 25.7. The Morgan fingerprint density at radius 3 is 2.53 bits per heavy atom. The molecule has 1 aliphatic rings. The summed E-state index contributed by atoms with van der Waals surface area (Å²) in [7, 11) is 1.97. The lowest BCUT2D eigenvalue weighted by Crippen LogP contribution is -2.50. The predicted octanol–water partition coefficient (Wildman–Crippen LogP) is 2.11. The van der Waals surface area contributed by atoms with Crippen LogP contribution in [0, 0.1) is 5.41 Å². The second-order valence-electron chi connectivity index (χ2n) is 8.85. The third-order valence-corrected chi connectivity index (χ3v) is 6.38. The molecule has 10 heteroatoms. The highest BCUT2D eigenvalue weighted by Gasteiger charge is 2.32. The van der Waals surface area contributed by atoms with E-state index >= 15 is 0 Å². The third kappa shape index (κ3) is 5.65. The normalized spacial score (nSPS) is 14.1. The van der Waals surface area contributed by atoms with Gasteiger partial charge in [0.2, 0.25) is 0 Å². The first-order chi connectivity index (χ1) is 17.4. The maximum absolute atomic E-state index is 12.9. The zero-order valence-corrected chi connectivity index (χ0v) is 20.7. The van der Waals surface area contributed by atoms with E-state index in [0.29, 0.717) is 31.7 Å². The number of imidazole rings is 1. The molecule has 1 aromatic heterocycles. The lowest BCUT2D eigenvalue weighted by atomic mass is 10.1. The van der Waals surface area contributed by atoms with Crippen molar-refractivity contribution >= 4 is 34.4 Å². The topological polar surface area (TPSA) is 138 Å². The van der Waals surface area contributed by atoms with E-state index in [4.69, 9.17) is 20.9 Å². The van der Waals surface area contributed by atoms with Gasteiger partial charge in [0, 0.05) is 37.9 Å². The van der Waals surface area contributed by atoms with Crippen molar-refractivity contribution in [2.45, 2.75) is 38.9 Å². The van der Waals surface area contributed by atoms with Crippen LogP contribution in [0.25, 0.3) is 11.0 Å². The van der Waals surface area contributed by atoms with Crippen molar-refractivity contribution in [3.63, 3.8) is 0 Å². The number of ether oxygens (including phenoxy) is 1. The molecule has 0 radical (unpaired) electrons. The maximum Gasteiger partial charge on any atom is 0.332 e. The van der Waals surface area contributed by atoms with Gasteiger partial charge in [0.25, 0.3) is 5.91 Å². The number of amides is 1. The summed E-state index contributed by atoms with van der Waals surface area (Å²) in [5.74, 6) is 0.128. The molecule has 3 aromatic rings. The lowest BCUT2D eigenvalue weighted by Gasteiger charge is -2.22. The van der Waals surface area contributed by atoms with Crippen LogP contribution < -0.4 is 16.4 Å². The number of carbonyl (C=O) groups is 2. The highest BCUT2D eigenvalue weighted by molar-refractivity contribution is 6.02. The molecule has 4 rings (SSSR count). The maximum atomic E-state index is 12.9. The minimum absolute atomic E-state index is 0.0381. The number of nitrogens with two attached hydrogens (primary N) is 1. The van der Waals surface area contributed by atoms with Gasteiger partial charge in [-0.1, -0.05) is 6.07 Å². The van der Waals surface area contributed by atoms with Gasteiger partial charge in [0.15, 0.2) is 6.04 Å². The number of nitrogens with zero attached hydrogens (tertiary/aromatic N) is 3. The van der Waals surface area contributed by atoms with Gasteiger partial charge in [-0.05, 0) is 61.7 Å². The molecule has 1 amide bonds. The highest BCUT2D eigenvalue weighted by atomic mass is 16.5. The van der Waals surface area contributed by atoms with Crippen LogP contribution in [0.15, 0.2) is 42.5 Å². The van der Waals surface area contributed by atoms with Crippen molar-refractivity contribution in [3.8, 4) is 0 Å². The molecule has 0 saturated carbocycles. The number of nitrogen functional groups attached to an aromatic ring is 1. The first-order valence-corrected chi connectivity index (χ1v) is 12.2. The number of anilines is 1. The fraction of sp³-hybridized carbons (Fsp3) is 0.385. The molecule has 190 valence electrons. The summed E-state index contributed by atoms with van der Waals surface area (Å²) in [6.45, 7) is 4.17. The Bertz CT molecular complexity index is 1250. The quantitative estimate of drug-likeness (QED) is 0.147. The van der Waals surface area contributed by atoms with Crippen molar-refractivity contribution in [2.24, 2.45) is 12.8 Å². The molecule has 5 N–H and O–H groups in total. The molecule has 1 aliphatic heterocycles. The number of hydrogen-bond donors (Lipinski definition) is 4. The largest absolute Gasteiger partial charge is 0.464 e. The summed E-state index contributed by atoms with van der Waals surface area (Å²) in [6, 6.07) is 12.3. The number of amidine groups is 1. The summed E-state index contributed by atoms with van der Waals surface area (Å²) in [5.41, 5.74) is 9.84. The van der Waals surface area contributed by atoms with Gasteiger partial charge in [0.1, 0.15) is 11.7 Å². The van der Waals surface area contributed by atoms with Crippen LogP contribution in [0.1, 0.15) is 36.7 Å². The summed E-state index contributed by atoms with van der Waals surface area (Å²) < 4.78 is 7.19. The highest BCUT2D eigenvalue weighted by Crippen LogP contribution is 2.19. The van der Waals surface area contributed by atoms with Crippen molar-refractivity contribution in [1.29, 1.82) is 5.41 Å². The average molecular weight is 492 g/mol. The standard InChI is InChI=1S/C26H33N7O3/c1-3-36-26(35)23(25(34)33-12-4-5-13-33)30-15-17-6-11-21-20(14-17)31-22(32(21)2)16-29-19-9-7-18(8-10-19)24(27)28/h6-11,14,23,29-30H,3-5,12-13,15-16H2,1-2H3,(H3,27,28). The van der Waals surface area contributed by atoms with E-state index in [9.17, 15) is 9.59 Å². The summed E-state index contributed by atoms with van der Waals surface area (Å²) >= 11 is 0. The van der Waals surface area contributed by atoms with Gasteiger partial charge in [-0.3, -0.25) is 15.5 Å². The van der Waals surface area contributed by atoms with Gasteiger partial charge in [-0.15, -0.1) is 0 Å². The Hall–Kier alpha value is -3.92. The van der Waals surface area contributed by atoms with Crippen LogP contribution >= 0.6 is 0 Å². The van der Waals surface area contributed by atoms with Gasteiger partial charge in [-0.25, -0.2) is 9.78 Å². The fourth-order valence-electron chi connectivity index (χ4n) is 4.35. The first-order valence-electron chi connectivity index (χ1n) is 12.2. The van der Waals surface area contributed by atoms with Gasteiger partial charge in [0.05, 0.1) is 24.2 Å². The van der Waals surface area contributed by atoms with E-state index < -0.39 is 12.0 Å². The number of nitrogens with one attached hydrogen (secondary N) is 3. The number of fused-ring (bicyclic) bond motifs is 1. The van der Waals surface area contributed by atoms with Gasteiger partial charge in [-0.2, -0.15) is 0 Å². The molecule has 0 aliphatic carbocycles. The Labute approximate surface area is 210 Å². The number of esters is 1. The molecule has 1 unspecified atom stereocenters. The molecule has 1 atom stereocenters. The van der Waals surface area contributed by atoms with Crippen LogP contribution in [0.5, 0.6) is 0 Å². The Kier molecular flexibility index (Phi) is 7.84. The Balaban J connectivity index is 1.44. The molecule has 0 spiro atoms. The van der Waals surface area contributed by atoms with Gasteiger partial charge >= 0.3 is 5.97 Å². The predicted molar refractivity (Wildman–Crippen MR) is 139 cm³/mol. The SMILES string of the molecule is CCOC(=O)C(NCc1ccc2c(c1)nc(CNc1ccc(C(=N)N)cc1)n2C)C(=O)N1CCCC1. The summed E-state index contributed by atoms with van der Waals surface area (Å²) in [5, 5.41) is 14.0.